The second-order valence-corrected chi connectivity index (χ2v) is 3.88. The number of benzene rings is 1. The average molecular weight is 253 g/mol. The van der Waals surface area contributed by atoms with E-state index in [4.69, 9.17) is 10.2 Å². The van der Waals surface area contributed by atoms with Crippen molar-refractivity contribution >= 4 is 21.9 Å². The second kappa shape index (κ2) is 3.46. The van der Waals surface area contributed by atoms with Crippen LogP contribution in [0.3, 0.4) is 0 Å². The number of nitrogen functional groups attached to an aromatic ring is 1. The van der Waals surface area contributed by atoms with Gasteiger partial charge < -0.3 is 10.2 Å². The molecule has 0 unspecified atom stereocenters. The Kier molecular flexibility index (Phi) is 2.29. The van der Waals surface area contributed by atoms with Crippen molar-refractivity contribution in [2.75, 3.05) is 5.73 Å². The van der Waals surface area contributed by atoms with Crippen LogP contribution in [0, 0.1) is 6.92 Å². The summed E-state index contributed by atoms with van der Waals surface area (Å²) in [4.78, 5) is 3.84. The molecule has 0 aliphatic rings. The molecule has 0 aliphatic heterocycles. The first-order valence-corrected chi connectivity index (χ1v) is 4.94. The summed E-state index contributed by atoms with van der Waals surface area (Å²) in [5.41, 5.74) is 7.53. The Labute approximate surface area is 90.1 Å². The summed E-state index contributed by atoms with van der Waals surface area (Å²) in [5.74, 6) is 0.693. The number of anilines is 1. The number of hydrogen-bond acceptors (Lipinski definition) is 3. The van der Waals surface area contributed by atoms with E-state index in [1.807, 2.05) is 25.1 Å². The first-order chi connectivity index (χ1) is 6.66. The fourth-order valence-electron chi connectivity index (χ4n) is 1.22. The van der Waals surface area contributed by atoms with Crippen LogP contribution in [0.25, 0.3) is 11.3 Å². The molecule has 0 amide bonds. The maximum absolute atomic E-state index is 5.40. The van der Waals surface area contributed by atoms with Gasteiger partial charge in [0.1, 0.15) is 0 Å². The normalized spacial score (nSPS) is 10.4. The highest BCUT2D eigenvalue weighted by Crippen LogP contribution is 2.25. The van der Waals surface area contributed by atoms with Crippen LogP contribution in [0.1, 0.15) is 5.56 Å². The van der Waals surface area contributed by atoms with Crippen LogP contribution in [0.5, 0.6) is 0 Å². The third-order valence-corrected chi connectivity index (χ3v) is 2.86. The van der Waals surface area contributed by atoms with Gasteiger partial charge in [0.25, 0.3) is 6.01 Å². The lowest BCUT2D eigenvalue weighted by Gasteiger charge is -2.00. The van der Waals surface area contributed by atoms with E-state index in [1.165, 1.54) is 0 Å². The van der Waals surface area contributed by atoms with Gasteiger partial charge in [0, 0.05) is 10.0 Å². The highest BCUT2D eigenvalue weighted by molar-refractivity contribution is 9.10. The van der Waals surface area contributed by atoms with E-state index in [2.05, 4.69) is 20.9 Å². The number of rotatable bonds is 1. The molecule has 3 nitrogen and oxygen atoms in total. The largest absolute Gasteiger partial charge is 0.424 e. The van der Waals surface area contributed by atoms with Gasteiger partial charge >= 0.3 is 0 Å². The zero-order valence-corrected chi connectivity index (χ0v) is 9.21. The maximum Gasteiger partial charge on any atom is 0.292 e. The van der Waals surface area contributed by atoms with Crippen molar-refractivity contribution in [2.45, 2.75) is 6.92 Å². The topological polar surface area (TPSA) is 52.0 Å². The fraction of sp³-hybridized carbons (Fsp3) is 0.100. The van der Waals surface area contributed by atoms with E-state index < -0.39 is 0 Å². The molecule has 1 aromatic heterocycles. The Morgan fingerprint density at radius 3 is 2.79 bits per heavy atom. The van der Waals surface area contributed by atoms with E-state index >= 15 is 0 Å². The van der Waals surface area contributed by atoms with Crippen LogP contribution in [0.2, 0.25) is 0 Å². The molecule has 72 valence electrons. The Bertz CT molecular complexity index is 465. The van der Waals surface area contributed by atoms with Gasteiger partial charge in [-0.05, 0) is 24.6 Å². The van der Waals surface area contributed by atoms with Crippen LogP contribution < -0.4 is 5.73 Å². The Morgan fingerprint density at radius 2 is 2.21 bits per heavy atom. The summed E-state index contributed by atoms with van der Waals surface area (Å²) in [6.07, 6.45) is 1.62. The quantitative estimate of drug-likeness (QED) is 0.849. The molecule has 0 fully saturated rings. The summed E-state index contributed by atoms with van der Waals surface area (Å²) in [6, 6.07) is 6.14. The maximum atomic E-state index is 5.40. The SMILES string of the molecule is Cc1cc(-c2cnc(N)o2)ccc1Br. The van der Waals surface area contributed by atoms with E-state index in [-0.39, 0.29) is 6.01 Å². The molecule has 4 heteroatoms. The van der Waals surface area contributed by atoms with E-state index in [9.17, 15) is 0 Å². The smallest absolute Gasteiger partial charge is 0.292 e. The number of nitrogens with zero attached hydrogens (tertiary/aromatic N) is 1. The summed E-state index contributed by atoms with van der Waals surface area (Å²) in [7, 11) is 0. The van der Waals surface area contributed by atoms with E-state index in [0.29, 0.717) is 5.76 Å². The van der Waals surface area contributed by atoms with Gasteiger partial charge in [-0.2, -0.15) is 0 Å². The molecule has 2 aromatic rings. The van der Waals surface area contributed by atoms with Gasteiger partial charge in [-0.15, -0.1) is 0 Å². The zero-order chi connectivity index (χ0) is 10.1. The minimum absolute atomic E-state index is 0.195. The molecule has 0 atom stereocenters. The van der Waals surface area contributed by atoms with Crippen molar-refractivity contribution < 1.29 is 4.42 Å². The zero-order valence-electron chi connectivity index (χ0n) is 7.62. The molecular formula is C10H9BrN2O. The van der Waals surface area contributed by atoms with Crippen molar-refractivity contribution in [1.29, 1.82) is 0 Å². The van der Waals surface area contributed by atoms with Crippen LogP contribution in [0.15, 0.2) is 33.3 Å². The number of aromatic nitrogens is 1. The predicted molar refractivity (Wildman–Crippen MR) is 58.8 cm³/mol. The molecule has 2 rings (SSSR count). The van der Waals surface area contributed by atoms with Gasteiger partial charge in [0.2, 0.25) is 0 Å². The Morgan fingerprint density at radius 1 is 1.43 bits per heavy atom. The highest BCUT2D eigenvalue weighted by atomic mass is 79.9. The molecule has 0 bridgehead atoms. The van der Waals surface area contributed by atoms with Crippen LogP contribution in [-0.4, -0.2) is 4.98 Å². The predicted octanol–water partition coefficient (Wildman–Crippen LogP) is 2.99. The Balaban J connectivity index is 2.47. The Hall–Kier alpha value is -1.29. The number of nitrogens with two attached hydrogens (primary N) is 1. The monoisotopic (exact) mass is 252 g/mol. The molecule has 0 saturated heterocycles. The first kappa shape index (κ1) is 9.27. The first-order valence-electron chi connectivity index (χ1n) is 4.14. The van der Waals surface area contributed by atoms with Crippen molar-refractivity contribution in [3.05, 3.63) is 34.4 Å². The highest BCUT2D eigenvalue weighted by Gasteiger charge is 2.04. The molecular weight excluding hydrogens is 244 g/mol. The van der Waals surface area contributed by atoms with Crippen molar-refractivity contribution in [3.63, 3.8) is 0 Å². The van der Waals surface area contributed by atoms with Crippen LogP contribution in [-0.2, 0) is 0 Å². The molecule has 14 heavy (non-hydrogen) atoms. The van der Waals surface area contributed by atoms with Gasteiger partial charge in [-0.1, -0.05) is 22.0 Å². The van der Waals surface area contributed by atoms with Crippen molar-refractivity contribution in [1.82, 2.24) is 4.98 Å². The van der Waals surface area contributed by atoms with Gasteiger partial charge in [0.15, 0.2) is 5.76 Å². The molecule has 0 aliphatic carbocycles. The van der Waals surface area contributed by atoms with Crippen LogP contribution in [0.4, 0.5) is 6.01 Å². The van der Waals surface area contributed by atoms with Gasteiger partial charge in [0.05, 0.1) is 6.20 Å². The minimum Gasteiger partial charge on any atom is -0.424 e. The van der Waals surface area contributed by atoms with Crippen molar-refractivity contribution in [3.8, 4) is 11.3 Å². The third kappa shape index (κ3) is 1.65. The number of halogens is 1. The minimum atomic E-state index is 0.195. The molecule has 0 saturated carbocycles. The molecule has 1 heterocycles. The van der Waals surface area contributed by atoms with Crippen LogP contribution >= 0.6 is 15.9 Å². The van der Waals surface area contributed by atoms with Gasteiger partial charge in [-0.25, -0.2) is 4.98 Å². The van der Waals surface area contributed by atoms with E-state index in [1.54, 1.807) is 6.20 Å². The molecule has 2 N–H and O–H groups in total. The standard InChI is InChI=1S/C10H9BrN2O/c1-6-4-7(2-3-8(6)11)9-5-13-10(12)14-9/h2-5H,1H3,(H2,12,13). The van der Waals surface area contributed by atoms with Gasteiger partial charge in [-0.3, -0.25) is 0 Å². The lowest BCUT2D eigenvalue weighted by Crippen LogP contribution is -1.80. The molecule has 1 aromatic carbocycles. The fourth-order valence-corrected chi connectivity index (χ4v) is 1.47. The van der Waals surface area contributed by atoms with E-state index in [0.717, 1.165) is 15.6 Å². The number of oxazole rings is 1. The number of hydrogen-bond donors (Lipinski definition) is 1. The lowest BCUT2D eigenvalue weighted by molar-refractivity contribution is 0.595. The molecule has 0 radical (unpaired) electrons. The summed E-state index contributed by atoms with van der Waals surface area (Å²) in [6.45, 7) is 2.02. The average Bonchev–Trinajstić information content (AvgIpc) is 2.57. The molecule has 0 spiro atoms. The lowest BCUT2D eigenvalue weighted by atomic mass is 10.1. The van der Waals surface area contributed by atoms with Crippen molar-refractivity contribution in [2.24, 2.45) is 0 Å². The summed E-state index contributed by atoms with van der Waals surface area (Å²) < 4.78 is 6.29. The second-order valence-electron chi connectivity index (χ2n) is 3.03. The summed E-state index contributed by atoms with van der Waals surface area (Å²) >= 11 is 3.44. The third-order valence-electron chi connectivity index (χ3n) is 1.97. The summed E-state index contributed by atoms with van der Waals surface area (Å²) in [5, 5.41) is 0. The number of aryl methyl sites for hydroxylation is 1.